The van der Waals surface area contributed by atoms with Crippen molar-refractivity contribution in [2.45, 2.75) is 24.9 Å². The number of oxime groups is 1. The van der Waals surface area contributed by atoms with Gasteiger partial charge in [-0.1, -0.05) is 35.0 Å². The van der Waals surface area contributed by atoms with E-state index in [2.05, 4.69) is 20.4 Å². The Labute approximate surface area is 203 Å². The van der Waals surface area contributed by atoms with Crippen LogP contribution in [0.4, 0.5) is 16.3 Å². The minimum atomic E-state index is -0.502. The molecule has 9 nitrogen and oxygen atoms in total. The Morgan fingerprint density at radius 1 is 0.941 bits per heavy atom. The van der Waals surface area contributed by atoms with Gasteiger partial charge in [0, 0.05) is 70.4 Å². The smallest absolute Gasteiger partial charge is 0.321 e. The highest BCUT2D eigenvalue weighted by Gasteiger charge is 2.45. The fourth-order valence-electron chi connectivity index (χ4n) is 4.66. The first kappa shape index (κ1) is 22.5. The number of carbonyl (C=O) groups is 2. The van der Waals surface area contributed by atoms with Crippen LogP contribution in [-0.2, 0) is 9.63 Å². The number of pyridine rings is 1. The summed E-state index contributed by atoms with van der Waals surface area (Å²) in [6, 6.07) is 12.9. The van der Waals surface area contributed by atoms with Crippen molar-refractivity contribution >= 4 is 40.8 Å². The number of para-hydroxylation sites is 1. The number of piperazine rings is 1. The summed E-state index contributed by atoms with van der Waals surface area (Å²) >= 11 is 6.26. The van der Waals surface area contributed by atoms with Crippen LogP contribution in [0.25, 0.3) is 0 Å². The predicted octanol–water partition coefficient (Wildman–Crippen LogP) is 3.23. The number of urea groups is 1. The minimum Gasteiger partial charge on any atom is -0.388 e. The van der Waals surface area contributed by atoms with E-state index in [1.54, 1.807) is 17.2 Å². The molecule has 0 unspecified atom stereocenters. The second-order valence-electron chi connectivity index (χ2n) is 8.86. The van der Waals surface area contributed by atoms with Crippen molar-refractivity contribution < 1.29 is 14.4 Å². The van der Waals surface area contributed by atoms with Crippen molar-refractivity contribution in [3.8, 4) is 0 Å². The lowest BCUT2D eigenvalue weighted by Gasteiger charge is -2.37. The molecule has 5 rings (SSSR count). The normalized spacial score (nSPS) is 19.6. The third-order valence-electron chi connectivity index (χ3n) is 6.68. The van der Waals surface area contributed by atoms with Crippen molar-refractivity contribution in [2.75, 3.05) is 49.5 Å². The summed E-state index contributed by atoms with van der Waals surface area (Å²) < 4.78 is 0. The fraction of sp³-hybridized carbons (Fsp3) is 0.417. The lowest BCUT2D eigenvalue weighted by atomic mass is 9.86. The average Bonchev–Trinajstić information content (AvgIpc) is 3.28. The second kappa shape index (κ2) is 9.50. The van der Waals surface area contributed by atoms with Gasteiger partial charge in [0.2, 0.25) is 0 Å². The van der Waals surface area contributed by atoms with E-state index in [4.69, 9.17) is 16.4 Å². The van der Waals surface area contributed by atoms with Crippen LogP contribution in [0.2, 0.25) is 5.02 Å². The molecule has 0 radical (unpaired) electrons. The van der Waals surface area contributed by atoms with Crippen LogP contribution in [0.5, 0.6) is 0 Å². The van der Waals surface area contributed by atoms with Gasteiger partial charge in [0.05, 0.1) is 5.02 Å². The molecule has 2 saturated heterocycles. The first-order chi connectivity index (χ1) is 16.5. The molecule has 0 bridgehead atoms. The molecular weight excluding hydrogens is 456 g/mol. The van der Waals surface area contributed by atoms with Gasteiger partial charge in [0.15, 0.2) is 0 Å². The molecule has 34 heavy (non-hydrogen) atoms. The highest BCUT2D eigenvalue weighted by atomic mass is 35.5. The number of piperidine rings is 1. The monoisotopic (exact) mass is 482 g/mol. The molecule has 4 heterocycles. The van der Waals surface area contributed by atoms with E-state index in [-0.39, 0.29) is 11.9 Å². The maximum atomic E-state index is 13.1. The number of likely N-dealkylation sites (tertiary alicyclic amines) is 1. The molecule has 0 saturated carbocycles. The van der Waals surface area contributed by atoms with Crippen molar-refractivity contribution in [3.63, 3.8) is 0 Å². The Balaban J connectivity index is 1.11. The quantitative estimate of drug-likeness (QED) is 0.725. The zero-order valence-corrected chi connectivity index (χ0v) is 19.6. The van der Waals surface area contributed by atoms with Crippen LogP contribution in [0.3, 0.4) is 0 Å². The van der Waals surface area contributed by atoms with Gasteiger partial charge in [-0.3, -0.25) is 4.79 Å². The number of amides is 3. The van der Waals surface area contributed by atoms with Gasteiger partial charge in [0.1, 0.15) is 17.1 Å². The van der Waals surface area contributed by atoms with Crippen LogP contribution >= 0.6 is 11.6 Å². The van der Waals surface area contributed by atoms with Crippen molar-refractivity contribution in [1.82, 2.24) is 14.8 Å². The zero-order chi connectivity index (χ0) is 23.5. The van der Waals surface area contributed by atoms with Crippen LogP contribution < -0.4 is 10.2 Å². The fourth-order valence-corrected chi connectivity index (χ4v) is 4.90. The average molecular weight is 483 g/mol. The third-order valence-corrected chi connectivity index (χ3v) is 6.97. The van der Waals surface area contributed by atoms with E-state index in [0.29, 0.717) is 69.3 Å². The maximum absolute atomic E-state index is 13.1. The van der Waals surface area contributed by atoms with E-state index in [1.807, 2.05) is 41.3 Å². The number of carbonyl (C=O) groups excluding carboxylic acids is 2. The first-order valence-electron chi connectivity index (χ1n) is 11.5. The molecule has 1 aromatic carbocycles. The highest BCUT2D eigenvalue weighted by Crippen LogP contribution is 2.35. The van der Waals surface area contributed by atoms with E-state index in [1.165, 1.54) is 0 Å². The molecule has 1 aromatic heterocycles. The summed E-state index contributed by atoms with van der Waals surface area (Å²) in [6.07, 6.45) is 3.48. The Hall–Kier alpha value is -3.33. The van der Waals surface area contributed by atoms with Crippen LogP contribution in [-0.4, -0.2) is 77.3 Å². The molecule has 178 valence electrons. The van der Waals surface area contributed by atoms with Crippen molar-refractivity contribution in [1.29, 1.82) is 0 Å². The molecule has 0 atom stereocenters. The highest BCUT2D eigenvalue weighted by molar-refractivity contribution is 6.39. The summed E-state index contributed by atoms with van der Waals surface area (Å²) in [6.45, 7) is 3.58. The van der Waals surface area contributed by atoms with Gasteiger partial charge < -0.3 is 24.9 Å². The second-order valence-corrected chi connectivity index (χ2v) is 9.27. The van der Waals surface area contributed by atoms with E-state index in [9.17, 15) is 9.59 Å². The zero-order valence-electron chi connectivity index (χ0n) is 18.8. The van der Waals surface area contributed by atoms with Crippen molar-refractivity contribution in [3.05, 3.63) is 53.7 Å². The maximum Gasteiger partial charge on any atom is 0.321 e. The summed E-state index contributed by atoms with van der Waals surface area (Å²) in [4.78, 5) is 41.5. The largest absolute Gasteiger partial charge is 0.388 e. The predicted molar refractivity (Wildman–Crippen MR) is 130 cm³/mol. The van der Waals surface area contributed by atoms with Crippen molar-refractivity contribution in [2.24, 2.45) is 5.16 Å². The van der Waals surface area contributed by atoms with E-state index >= 15 is 0 Å². The molecule has 3 aliphatic heterocycles. The van der Waals surface area contributed by atoms with Crippen LogP contribution in [0, 0.1) is 0 Å². The number of rotatable bonds is 3. The molecule has 1 spiro atoms. The Kier molecular flexibility index (Phi) is 6.28. The Morgan fingerprint density at radius 3 is 2.38 bits per heavy atom. The minimum absolute atomic E-state index is 0.0760. The van der Waals surface area contributed by atoms with E-state index < -0.39 is 5.60 Å². The van der Waals surface area contributed by atoms with E-state index in [0.717, 1.165) is 11.5 Å². The first-order valence-corrected chi connectivity index (χ1v) is 11.9. The van der Waals surface area contributed by atoms with Gasteiger partial charge >= 0.3 is 6.03 Å². The van der Waals surface area contributed by atoms with Gasteiger partial charge in [-0.15, -0.1) is 0 Å². The summed E-state index contributed by atoms with van der Waals surface area (Å²) in [5.74, 6) is 0.674. The number of nitrogens with zero attached hydrogens (tertiary/aromatic N) is 5. The van der Waals surface area contributed by atoms with Crippen LogP contribution in [0.1, 0.15) is 19.3 Å². The van der Waals surface area contributed by atoms with Gasteiger partial charge in [-0.25, -0.2) is 9.78 Å². The molecule has 2 aromatic rings. The summed E-state index contributed by atoms with van der Waals surface area (Å²) in [5.41, 5.74) is 0.732. The number of halogens is 1. The molecule has 2 fully saturated rings. The number of aromatic nitrogens is 1. The topological polar surface area (TPSA) is 90.4 Å². The number of hydrogen-bond donors (Lipinski definition) is 1. The molecule has 10 heteroatoms. The lowest BCUT2D eigenvalue weighted by Crippen LogP contribution is -2.52. The SMILES string of the molecule is O=C(Nc1ccccc1)N1CCC2(CC1)CC(C(=O)N1CCN(c3ncccc3Cl)CC1)=NO2. The lowest BCUT2D eigenvalue weighted by molar-refractivity contribution is -0.124. The van der Waals surface area contributed by atoms with Gasteiger partial charge in [-0.2, -0.15) is 0 Å². The Bertz CT molecular complexity index is 1080. The number of nitrogens with one attached hydrogen (secondary N) is 1. The van der Waals surface area contributed by atoms with Gasteiger partial charge in [0.25, 0.3) is 5.91 Å². The van der Waals surface area contributed by atoms with Crippen LogP contribution in [0.15, 0.2) is 53.8 Å². The third kappa shape index (κ3) is 4.65. The summed E-state index contributed by atoms with van der Waals surface area (Å²) in [7, 11) is 0. The standard InChI is InChI=1S/C24H27ClN6O3/c25-19-7-4-10-26-21(19)29-13-15-30(16-14-29)22(32)20-17-24(34-28-20)8-11-31(12-9-24)23(33)27-18-5-2-1-3-6-18/h1-7,10H,8-9,11-17H2,(H,27,33). The molecule has 3 amide bonds. The number of anilines is 2. The molecule has 0 aliphatic carbocycles. The molecular formula is C24H27ClN6O3. The van der Waals surface area contributed by atoms with Gasteiger partial charge in [-0.05, 0) is 24.3 Å². The number of hydrogen-bond acceptors (Lipinski definition) is 6. The molecule has 3 aliphatic rings. The molecule has 1 N–H and O–H groups in total. The summed E-state index contributed by atoms with van der Waals surface area (Å²) in [5, 5.41) is 7.71. The number of benzene rings is 1. The Morgan fingerprint density at radius 2 is 1.68 bits per heavy atom.